The molecule has 112 valence electrons. The number of anilines is 1. The van der Waals surface area contributed by atoms with Crippen LogP contribution in [0.1, 0.15) is 5.56 Å². The molecule has 2 aromatic carbocycles. The molecule has 0 aliphatic heterocycles. The van der Waals surface area contributed by atoms with E-state index in [1.54, 1.807) is 6.07 Å². The summed E-state index contributed by atoms with van der Waals surface area (Å²) in [4.78, 5) is 0. The number of rotatable bonds is 4. The minimum absolute atomic E-state index is 0.0984. The summed E-state index contributed by atoms with van der Waals surface area (Å²) < 4.78 is 53.7. The molecular weight excluding hydrogens is 310 g/mol. The SMILES string of the molecule is Fc1cccc(Cl)c1NCc1cccc(OC(F)(F)F)c1. The van der Waals surface area contributed by atoms with E-state index < -0.39 is 12.2 Å². The van der Waals surface area contributed by atoms with Gasteiger partial charge >= 0.3 is 6.36 Å². The summed E-state index contributed by atoms with van der Waals surface area (Å²) in [6, 6.07) is 9.61. The number of ether oxygens (including phenoxy) is 1. The van der Waals surface area contributed by atoms with Gasteiger partial charge in [0.05, 0.1) is 10.7 Å². The standard InChI is InChI=1S/C14H10ClF4NO/c15-11-5-2-6-12(16)13(11)20-8-9-3-1-4-10(7-9)21-14(17,18)19/h1-7,20H,8H2. The van der Waals surface area contributed by atoms with Crippen molar-refractivity contribution >= 4 is 17.3 Å². The number of hydrogen-bond acceptors (Lipinski definition) is 2. The fourth-order valence-electron chi connectivity index (χ4n) is 1.71. The molecule has 2 rings (SSSR count). The average molecular weight is 320 g/mol. The largest absolute Gasteiger partial charge is 0.573 e. The third-order valence-corrected chi connectivity index (χ3v) is 2.88. The van der Waals surface area contributed by atoms with E-state index in [0.717, 1.165) is 0 Å². The maximum atomic E-state index is 13.5. The van der Waals surface area contributed by atoms with Crippen LogP contribution in [0.15, 0.2) is 42.5 Å². The molecule has 0 fully saturated rings. The highest BCUT2D eigenvalue weighted by Crippen LogP contribution is 2.26. The summed E-state index contributed by atoms with van der Waals surface area (Å²) in [5.41, 5.74) is 0.595. The topological polar surface area (TPSA) is 21.3 Å². The minimum atomic E-state index is -4.75. The van der Waals surface area contributed by atoms with Crippen molar-refractivity contribution < 1.29 is 22.3 Å². The zero-order chi connectivity index (χ0) is 15.5. The lowest BCUT2D eigenvalue weighted by atomic mass is 10.2. The number of para-hydroxylation sites is 1. The van der Waals surface area contributed by atoms with Crippen LogP contribution in [0.25, 0.3) is 0 Å². The Morgan fingerprint density at radius 3 is 2.48 bits per heavy atom. The van der Waals surface area contributed by atoms with Crippen LogP contribution in [0.2, 0.25) is 5.02 Å². The lowest BCUT2D eigenvalue weighted by Gasteiger charge is -2.12. The Bertz CT molecular complexity index is 610. The zero-order valence-corrected chi connectivity index (χ0v) is 11.3. The monoisotopic (exact) mass is 319 g/mol. The zero-order valence-electron chi connectivity index (χ0n) is 10.5. The second kappa shape index (κ2) is 6.22. The number of halogens is 5. The van der Waals surface area contributed by atoms with Crippen molar-refractivity contribution in [1.82, 2.24) is 0 Å². The fraction of sp³-hybridized carbons (Fsp3) is 0.143. The van der Waals surface area contributed by atoms with Crippen molar-refractivity contribution in [3.8, 4) is 5.75 Å². The first kappa shape index (κ1) is 15.4. The van der Waals surface area contributed by atoms with Crippen molar-refractivity contribution in [3.63, 3.8) is 0 Å². The van der Waals surface area contributed by atoms with E-state index in [9.17, 15) is 17.6 Å². The Morgan fingerprint density at radius 2 is 1.81 bits per heavy atom. The number of alkyl halides is 3. The van der Waals surface area contributed by atoms with Gasteiger partial charge in [-0.05, 0) is 29.8 Å². The van der Waals surface area contributed by atoms with Crippen molar-refractivity contribution in [2.45, 2.75) is 12.9 Å². The van der Waals surface area contributed by atoms with Crippen molar-refractivity contribution in [2.75, 3.05) is 5.32 Å². The summed E-state index contributed by atoms with van der Waals surface area (Å²) in [5, 5.41) is 2.94. The Hall–Kier alpha value is -1.95. The molecule has 0 heterocycles. The Morgan fingerprint density at radius 1 is 1.10 bits per heavy atom. The average Bonchev–Trinajstić information content (AvgIpc) is 2.36. The summed E-state index contributed by atoms with van der Waals surface area (Å²) in [5.74, 6) is -0.869. The van der Waals surface area contributed by atoms with E-state index in [2.05, 4.69) is 10.1 Å². The molecule has 7 heteroatoms. The maximum absolute atomic E-state index is 13.5. The van der Waals surface area contributed by atoms with Crippen molar-refractivity contribution in [3.05, 3.63) is 58.9 Å². The van der Waals surface area contributed by atoms with Crippen LogP contribution in [-0.4, -0.2) is 6.36 Å². The molecule has 0 unspecified atom stereocenters. The molecule has 0 saturated heterocycles. The summed E-state index contributed by atoms with van der Waals surface area (Å²) >= 11 is 5.84. The third-order valence-electron chi connectivity index (χ3n) is 2.56. The first-order valence-corrected chi connectivity index (χ1v) is 6.25. The van der Waals surface area contributed by atoms with Crippen LogP contribution in [0, 0.1) is 5.82 Å². The summed E-state index contributed by atoms with van der Waals surface area (Å²) in [6.07, 6.45) is -4.75. The first-order valence-electron chi connectivity index (χ1n) is 5.88. The van der Waals surface area contributed by atoms with Gasteiger partial charge in [0.15, 0.2) is 0 Å². The van der Waals surface area contributed by atoms with Gasteiger partial charge in [-0.15, -0.1) is 13.2 Å². The Kier molecular flexibility index (Phi) is 4.57. The highest BCUT2D eigenvalue weighted by molar-refractivity contribution is 6.33. The van der Waals surface area contributed by atoms with Gasteiger partial charge in [0.1, 0.15) is 11.6 Å². The molecule has 0 aliphatic rings. The molecule has 2 nitrogen and oxygen atoms in total. The summed E-state index contributed by atoms with van der Waals surface area (Å²) in [6.45, 7) is 0.107. The van der Waals surface area contributed by atoms with Crippen molar-refractivity contribution in [1.29, 1.82) is 0 Å². The van der Waals surface area contributed by atoms with Gasteiger partial charge in [0.25, 0.3) is 0 Å². The molecule has 0 bridgehead atoms. The minimum Gasteiger partial charge on any atom is -0.406 e. The quantitative estimate of drug-likeness (QED) is 0.802. The Balaban J connectivity index is 2.09. The van der Waals surface area contributed by atoms with Crippen LogP contribution >= 0.6 is 11.6 Å². The number of benzene rings is 2. The lowest BCUT2D eigenvalue weighted by Crippen LogP contribution is -2.17. The summed E-state index contributed by atoms with van der Waals surface area (Å²) in [7, 11) is 0. The maximum Gasteiger partial charge on any atom is 0.573 e. The predicted octanol–water partition coefficient (Wildman–Crippen LogP) is 4.99. The molecule has 0 radical (unpaired) electrons. The third kappa shape index (κ3) is 4.53. The van der Waals surface area contributed by atoms with Gasteiger partial charge < -0.3 is 10.1 Å². The number of hydrogen-bond donors (Lipinski definition) is 1. The molecule has 21 heavy (non-hydrogen) atoms. The van der Waals surface area contributed by atoms with Gasteiger partial charge in [0, 0.05) is 6.54 Å². The molecule has 0 aromatic heterocycles. The molecular formula is C14H10ClF4NO. The van der Waals surface area contributed by atoms with E-state index in [1.165, 1.54) is 36.4 Å². The molecule has 0 saturated carbocycles. The molecule has 0 aliphatic carbocycles. The van der Waals surface area contributed by atoms with E-state index >= 15 is 0 Å². The van der Waals surface area contributed by atoms with E-state index in [4.69, 9.17) is 11.6 Å². The van der Waals surface area contributed by atoms with Crippen LogP contribution in [-0.2, 0) is 6.54 Å². The van der Waals surface area contributed by atoms with Gasteiger partial charge in [-0.3, -0.25) is 0 Å². The lowest BCUT2D eigenvalue weighted by molar-refractivity contribution is -0.274. The molecule has 2 aromatic rings. The normalized spacial score (nSPS) is 11.3. The van der Waals surface area contributed by atoms with Gasteiger partial charge in [-0.1, -0.05) is 29.8 Å². The second-order valence-corrected chi connectivity index (χ2v) is 4.55. The van der Waals surface area contributed by atoms with E-state index in [1.807, 2.05) is 0 Å². The van der Waals surface area contributed by atoms with Gasteiger partial charge in [-0.25, -0.2) is 4.39 Å². The Labute approximate surface area is 123 Å². The predicted molar refractivity (Wildman–Crippen MR) is 71.9 cm³/mol. The second-order valence-electron chi connectivity index (χ2n) is 4.15. The van der Waals surface area contributed by atoms with Crippen LogP contribution < -0.4 is 10.1 Å². The highest BCUT2D eigenvalue weighted by atomic mass is 35.5. The van der Waals surface area contributed by atoms with Gasteiger partial charge in [0.2, 0.25) is 0 Å². The van der Waals surface area contributed by atoms with E-state index in [0.29, 0.717) is 5.56 Å². The molecule has 0 atom stereocenters. The smallest absolute Gasteiger partial charge is 0.406 e. The molecule has 0 amide bonds. The van der Waals surface area contributed by atoms with Crippen LogP contribution in [0.5, 0.6) is 5.75 Å². The first-order chi connectivity index (χ1) is 9.85. The highest BCUT2D eigenvalue weighted by Gasteiger charge is 2.31. The number of nitrogens with one attached hydrogen (secondary N) is 1. The molecule has 1 N–H and O–H groups in total. The van der Waals surface area contributed by atoms with Crippen molar-refractivity contribution in [2.24, 2.45) is 0 Å². The fourth-order valence-corrected chi connectivity index (χ4v) is 1.94. The van der Waals surface area contributed by atoms with Gasteiger partial charge in [-0.2, -0.15) is 0 Å². The van der Waals surface area contributed by atoms with Crippen LogP contribution in [0.4, 0.5) is 23.2 Å². The molecule has 0 spiro atoms. The van der Waals surface area contributed by atoms with Crippen LogP contribution in [0.3, 0.4) is 0 Å². The van der Waals surface area contributed by atoms with E-state index in [-0.39, 0.29) is 23.0 Å².